The molecule has 1 aromatic rings. The third-order valence-electron chi connectivity index (χ3n) is 2.11. The molecule has 2 unspecified atom stereocenters. The van der Waals surface area contributed by atoms with Crippen molar-refractivity contribution in [1.82, 2.24) is 0 Å². The number of halogens is 1. The fraction of sp³-hybridized carbons (Fsp3) is 0.455. The number of hydrogen-bond acceptors (Lipinski definition) is 2. The molecule has 0 aliphatic rings. The van der Waals surface area contributed by atoms with Crippen LogP contribution in [0.5, 0.6) is 0 Å². The van der Waals surface area contributed by atoms with E-state index < -0.39 is 16.6 Å². The smallest absolute Gasteiger partial charge is 0.139 e. The van der Waals surface area contributed by atoms with Gasteiger partial charge in [-0.15, -0.1) is 0 Å². The molecule has 15 heavy (non-hydrogen) atoms. The first-order valence-corrected chi connectivity index (χ1v) is 6.35. The minimum atomic E-state index is -1.33. The van der Waals surface area contributed by atoms with Gasteiger partial charge in [0.2, 0.25) is 0 Å². The summed E-state index contributed by atoms with van der Waals surface area (Å²) in [5.74, 6) is -0.0890. The van der Waals surface area contributed by atoms with Crippen molar-refractivity contribution in [2.75, 3.05) is 5.75 Å². The molecule has 0 spiro atoms. The van der Waals surface area contributed by atoms with Gasteiger partial charge in [0.15, 0.2) is 0 Å². The minimum absolute atomic E-state index is 0.115. The fourth-order valence-corrected chi connectivity index (χ4v) is 2.62. The third kappa shape index (κ3) is 3.72. The van der Waals surface area contributed by atoms with Crippen molar-refractivity contribution in [3.63, 3.8) is 0 Å². The maximum Gasteiger partial charge on any atom is 0.139 e. The molecule has 4 heteroatoms. The summed E-state index contributed by atoms with van der Waals surface area (Å²) < 4.78 is 25.0. The lowest BCUT2D eigenvalue weighted by Gasteiger charge is -2.09. The van der Waals surface area contributed by atoms with E-state index in [1.807, 2.05) is 6.92 Å². The first-order valence-electron chi connectivity index (χ1n) is 5.03. The zero-order valence-electron chi connectivity index (χ0n) is 8.78. The predicted molar refractivity (Wildman–Crippen MR) is 60.6 cm³/mol. The molecule has 0 bridgehead atoms. The first kappa shape index (κ1) is 12.3. The highest BCUT2D eigenvalue weighted by Gasteiger charge is 2.12. The Morgan fingerprint density at radius 1 is 1.47 bits per heavy atom. The molecule has 2 atom stereocenters. The van der Waals surface area contributed by atoms with Crippen molar-refractivity contribution in [3.05, 3.63) is 30.1 Å². The summed E-state index contributed by atoms with van der Waals surface area (Å²) in [5.41, 5.74) is 5.76. The van der Waals surface area contributed by atoms with E-state index in [1.165, 1.54) is 6.07 Å². The van der Waals surface area contributed by atoms with E-state index in [9.17, 15) is 8.60 Å². The monoisotopic (exact) mass is 229 g/mol. The Labute approximate surface area is 92.1 Å². The molecule has 0 fully saturated rings. The largest absolute Gasteiger partial charge is 0.327 e. The van der Waals surface area contributed by atoms with E-state index in [2.05, 4.69) is 0 Å². The molecule has 84 valence electrons. The van der Waals surface area contributed by atoms with Crippen molar-refractivity contribution in [2.24, 2.45) is 5.73 Å². The highest BCUT2D eigenvalue weighted by molar-refractivity contribution is 7.85. The standard InChI is InChI=1S/C11H16FNOS/c1-2-5-9(13)8-15(14)11-7-4-3-6-10(11)12/h3-4,6-7,9H,2,5,8,13H2,1H3. The van der Waals surface area contributed by atoms with Crippen molar-refractivity contribution >= 4 is 10.8 Å². The molecule has 1 aromatic carbocycles. The van der Waals surface area contributed by atoms with E-state index in [1.54, 1.807) is 18.2 Å². The SMILES string of the molecule is CCCC(N)CS(=O)c1ccccc1F. The summed E-state index contributed by atoms with van der Waals surface area (Å²) in [5, 5.41) is 0. The summed E-state index contributed by atoms with van der Waals surface area (Å²) in [6.45, 7) is 2.02. The second kappa shape index (κ2) is 5.98. The highest BCUT2D eigenvalue weighted by atomic mass is 32.2. The summed E-state index contributed by atoms with van der Waals surface area (Å²) in [4.78, 5) is 0.254. The maximum absolute atomic E-state index is 13.2. The summed E-state index contributed by atoms with van der Waals surface area (Å²) in [7, 11) is -1.33. The normalized spacial score (nSPS) is 14.9. The van der Waals surface area contributed by atoms with Crippen LogP contribution < -0.4 is 5.73 Å². The van der Waals surface area contributed by atoms with Crippen LogP contribution in [0.25, 0.3) is 0 Å². The number of nitrogens with two attached hydrogens (primary N) is 1. The van der Waals surface area contributed by atoms with Crippen LogP contribution >= 0.6 is 0 Å². The highest BCUT2D eigenvalue weighted by Crippen LogP contribution is 2.12. The Bertz CT molecular complexity index is 343. The molecule has 0 radical (unpaired) electrons. The lowest BCUT2D eigenvalue weighted by molar-refractivity contribution is 0.591. The molecular weight excluding hydrogens is 213 g/mol. The molecule has 2 N–H and O–H groups in total. The van der Waals surface area contributed by atoms with Crippen LogP contribution in [0, 0.1) is 5.82 Å². The van der Waals surface area contributed by atoms with Gasteiger partial charge in [-0.2, -0.15) is 0 Å². The molecule has 1 rings (SSSR count). The van der Waals surface area contributed by atoms with E-state index in [0.717, 1.165) is 12.8 Å². The van der Waals surface area contributed by atoms with Gasteiger partial charge in [0.25, 0.3) is 0 Å². The van der Waals surface area contributed by atoms with Crippen molar-refractivity contribution < 1.29 is 8.60 Å². The lowest BCUT2D eigenvalue weighted by Crippen LogP contribution is -2.27. The lowest BCUT2D eigenvalue weighted by atomic mass is 10.2. The maximum atomic E-state index is 13.2. The molecule has 0 aliphatic heterocycles. The average Bonchev–Trinajstić information content (AvgIpc) is 2.18. The van der Waals surface area contributed by atoms with Crippen LogP contribution in [0.1, 0.15) is 19.8 Å². The van der Waals surface area contributed by atoms with Crippen LogP contribution in [-0.2, 0) is 10.8 Å². The Morgan fingerprint density at radius 2 is 2.13 bits per heavy atom. The molecule has 0 saturated carbocycles. The first-order chi connectivity index (χ1) is 7.15. The molecule has 0 aliphatic carbocycles. The molecule has 0 heterocycles. The van der Waals surface area contributed by atoms with E-state index in [4.69, 9.17) is 5.73 Å². The second-order valence-electron chi connectivity index (χ2n) is 3.49. The van der Waals surface area contributed by atoms with Gasteiger partial charge in [0, 0.05) is 11.8 Å². The Kier molecular flexibility index (Phi) is 4.91. The van der Waals surface area contributed by atoms with Crippen LogP contribution in [0.3, 0.4) is 0 Å². The van der Waals surface area contributed by atoms with Gasteiger partial charge in [-0.1, -0.05) is 25.5 Å². The summed E-state index contributed by atoms with van der Waals surface area (Å²) >= 11 is 0. The van der Waals surface area contributed by atoms with Crippen molar-refractivity contribution in [2.45, 2.75) is 30.7 Å². The number of benzene rings is 1. The van der Waals surface area contributed by atoms with Crippen LogP contribution in [-0.4, -0.2) is 16.0 Å². The van der Waals surface area contributed by atoms with Gasteiger partial charge in [-0.3, -0.25) is 4.21 Å². The topological polar surface area (TPSA) is 43.1 Å². The third-order valence-corrected chi connectivity index (χ3v) is 3.66. The van der Waals surface area contributed by atoms with Gasteiger partial charge in [-0.05, 0) is 18.6 Å². The van der Waals surface area contributed by atoms with Crippen molar-refractivity contribution in [1.29, 1.82) is 0 Å². The van der Waals surface area contributed by atoms with Crippen molar-refractivity contribution in [3.8, 4) is 0 Å². The summed E-state index contributed by atoms with van der Waals surface area (Å²) in [6.07, 6.45) is 1.77. The fourth-order valence-electron chi connectivity index (χ4n) is 1.37. The van der Waals surface area contributed by atoms with E-state index >= 15 is 0 Å². The molecule has 2 nitrogen and oxygen atoms in total. The Morgan fingerprint density at radius 3 is 2.73 bits per heavy atom. The molecular formula is C11H16FNOS. The van der Waals surface area contributed by atoms with Gasteiger partial charge in [0.05, 0.1) is 15.7 Å². The zero-order valence-corrected chi connectivity index (χ0v) is 9.60. The van der Waals surface area contributed by atoms with Gasteiger partial charge >= 0.3 is 0 Å². The van der Waals surface area contributed by atoms with Gasteiger partial charge < -0.3 is 5.73 Å². The number of rotatable bonds is 5. The predicted octanol–water partition coefficient (Wildman–Crippen LogP) is 2.06. The van der Waals surface area contributed by atoms with Gasteiger partial charge in [0.1, 0.15) is 5.82 Å². The van der Waals surface area contributed by atoms with Gasteiger partial charge in [-0.25, -0.2) is 4.39 Å². The summed E-state index contributed by atoms with van der Waals surface area (Å²) in [6, 6.07) is 6.02. The van der Waals surface area contributed by atoms with Crippen LogP contribution in [0.15, 0.2) is 29.2 Å². The zero-order chi connectivity index (χ0) is 11.3. The molecule has 0 amide bonds. The van der Waals surface area contributed by atoms with Crippen LogP contribution in [0.4, 0.5) is 4.39 Å². The van der Waals surface area contributed by atoms with E-state index in [-0.39, 0.29) is 10.9 Å². The minimum Gasteiger partial charge on any atom is -0.327 e. The quantitative estimate of drug-likeness (QED) is 0.839. The van der Waals surface area contributed by atoms with E-state index in [0.29, 0.717) is 5.75 Å². The average molecular weight is 229 g/mol. The number of hydrogen-bond donors (Lipinski definition) is 1. The molecule has 0 aromatic heterocycles. The van der Waals surface area contributed by atoms with Crippen LogP contribution in [0.2, 0.25) is 0 Å². The molecule has 0 saturated heterocycles. The Balaban J connectivity index is 2.65. The Hall–Kier alpha value is -0.740. The second-order valence-corrected chi connectivity index (χ2v) is 4.96.